The number of esters is 1. The van der Waals surface area contributed by atoms with E-state index in [1.807, 2.05) is 30.3 Å². The third-order valence-electron chi connectivity index (χ3n) is 2.71. The van der Waals surface area contributed by atoms with Crippen molar-refractivity contribution >= 4 is 5.97 Å². The summed E-state index contributed by atoms with van der Waals surface area (Å²) < 4.78 is 5.34. The van der Waals surface area contributed by atoms with Crippen molar-refractivity contribution in [3.05, 3.63) is 35.9 Å². The smallest absolute Gasteiger partial charge is 0.312 e. The zero-order chi connectivity index (χ0) is 14.5. The van der Waals surface area contributed by atoms with E-state index in [9.17, 15) is 9.90 Å². The third kappa shape index (κ3) is 5.41. The van der Waals surface area contributed by atoms with Crippen molar-refractivity contribution < 1.29 is 14.6 Å². The van der Waals surface area contributed by atoms with Crippen molar-refractivity contribution in [2.45, 2.75) is 38.9 Å². The van der Waals surface area contributed by atoms with Crippen LogP contribution in [0.2, 0.25) is 0 Å². The molecule has 0 aromatic heterocycles. The molecule has 0 heterocycles. The highest BCUT2D eigenvalue weighted by atomic mass is 16.6. The van der Waals surface area contributed by atoms with E-state index >= 15 is 0 Å². The molecular weight excluding hydrogens is 242 g/mol. The van der Waals surface area contributed by atoms with E-state index in [0.717, 1.165) is 5.56 Å². The van der Waals surface area contributed by atoms with Crippen LogP contribution in [0.25, 0.3) is 0 Å². The molecule has 4 nitrogen and oxygen atoms in total. The number of nitrogens with two attached hydrogens (primary N) is 1. The van der Waals surface area contributed by atoms with E-state index in [4.69, 9.17) is 10.5 Å². The summed E-state index contributed by atoms with van der Waals surface area (Å²) in [7, 11) is 0. The highest BCUT2D eigenvalue weighted by molar-refractivity contribution is 5.74. The summed E-state index contributed by atoms with van der Waals surface area (Å²) in [5.74, 6) is -1.04. The number of carbonyl (C=O) groups is 1. The van der Waals surface area contributed by atoms with Crippen molar-refractivity contribution in [2.24, 2.45) is 11.7 Å². The summed E-state index contributed by atoms with van der Waals surface area (Å²) in [4.78, 5) is 12.1. The summed E-state index contributed by atoms with van der Waals surface area (Å²) in [6.07, 6.45) is -0.469. The Bertz CT molecular complexity index is 398. The molecule has 0 spiro atoms. The highest BCUT2D eigenvalue weighted by Gasteiger charge is 2.30. The number of ether oxygens (including phenoxy) is 1. The van der Waals surface area contributed by atoms with E-state index in [1.54, 1.807) is 20.8 Å². The first kappa shape index (κ1) is 15.7. The first-order chi connectivity index (χ1) is 8.83. The summed E-state index contributed by atoms with van der Waals surface area (Å²) in [5.41, 5.74) is 5.88. The summed E-state index contributed by atoms with van der Waals surface area (Å²) in [5, 5.41) is 9.92. The lowest BCUT2D eigenvalue weighted by Gasteiger charge is -2.26. The second-order valence-corrected chi connectivity index (χ2v) is 5.63. The average Bonchev–Trinajstić information content (AvgIpc) is 2.34. The van der Waals surface area contributed by atoms with Gasteiger partial charge in [0.2, 0.25) is 0 Å². The van der Waals surface area contributed by atoms with Gasteiger partial charge in [-0.25, -0.2) is 0 Å². The quantitative estimate of drug-likeness (QED) is 0.791. The van der Waals surface area contributed by atoms with E-state index < -0.39 is 23.6 Å². The van der Waals surface area contributed by atoms with Gasteiger partial charge in [-0.05, 0) is 32.8 Å². The van der Waals surface area contributed by atoms with Crippen LogP contribution in [0, 0.1) is 5.92 Å². The number of carbonyl (C=O) groups excluding carboxylic acids is 1. The zero-order valence-electron chi connectivity index (χ0n) is 11.8. The molecule has 0 amide bonds. The second-order valence-electron chi connectivity index (χ2n) is 5.63. The van der Waals surface area contributed by atoms with Gasteiger partial charge in [0, 0.05) is 6.54 Å². The molecule has 0 aliphatic rings. The van der Waals surface area contributed by atoms with Crippen LogP contribution in [0.1, 0.15) is 26.3 Å². The Labute approximate surface area is 114 Å². The second kappa shape index (κ2) is 6.68. The fraction of sp³-hybridized carbons (Fsp3) is 0.533. The zero-order valence-corrected chi connectivity index (χ0v) is 11.8. The lowest BCUT2D eigenvalue weighted by molar-refractivity contribution is -0.163. The van der Waals surface area contributed by atoms with Crippen LogP contribution >= 0.6 is 0 Å². The molecule has 1 aromatic rings. The van der Waals surface area contributed by atoms with Crippen LogP contribution in [-0.2, 0) is 16.0 Å². The molecule has 1 rings (SSSR count). The fourth-order valence-corrected chi connectivity index (χ4v) is 1.79. The van der Waals surface area contributed by atoms with E-state index in [1.165, 1.54) is 0 Å². The number of rotatable bonds is 5. The minimum atomic E-state index is -0.893. The monoisotopic (exact) mass is 265 g/mol. The van der Waals surface area contributed by atoms with Crippen LogP contribution in [0.3, 0.4) is 0 Å². The summed E-state index contributed by atoms with van der Waals surface area (Å²) >= 11 is 0. The van der Waals surface area contributed by atoms with Crippen LogP contribution in [-0.4, -0.2) is 29.3 Å². The van der Waals surface area contributed by atoms with Gasteiger partial charge in [-0.15, -0.1) is 0 Å². The predicted molar refractivity (Wildman–Crippen MR) is 74.5 cm³/mol. The molecule has 2 atom stereocenters. The molecule has 0 saturated carbocycles. The molecule has 4 heteroatoms. The van der Waals surface area contributed by atoms with Gasteiger partial charge in [-0.3, -0.25) is 4.79 Å². The molecule has 19 heavy (non-hydrogen) atoms. The van der Waals surface area contributed by atoms with Crippen LogP contribution in [0.4, 0.5) is 0 Å². The van der Waals surface area contributed by atoms with Gasteiger partial charge >= 0.3 is 5.97 Å². The van der Waals surface area contributed by atoms with Gasteiger partial charge in [0.1, 0.15) is 5.60 Å². The molecule has 0 bridgehead atoms. The van der Waals surface area contributed by atoms with Gasteiger partial charge < -0.3 is 15.6 Å². The average molecular weight is 265 g/mol. The van der Waals surface area contributed by atoms with Gasteiger partial charge in [-0.2, -0.15) is 0 Å². The van der Waals surface area contributed by atoms with Crippen LogP contribution in [0.5, 0.6) is 0 Å². The molecule has 1 aromatic carbocycles. The maximum absolute atomic E-state index is 12.1. The Morgan fingerprint density at radius 3 is 2.37 bits per heavy atom. The molecule has 0 aliphatic heterocycles. The maximum atomic E-state index is 12.1. The maximum Gasteiger partial charge on any atom is 0.312 e. The molecule has 0 unspecified atom stereocenters. The topological polar surface area (TPSA) is 72.5 Å². The Hall–Kier alpha value is -1.39. The predicted octanol–water partition coefficient (Wildman–Crippen LogP) is 1.51. The van der Waals surface area contributed by atoms with Crippen molar-refractivity contribution in [3.63, 3.8) is 0 Å². The minimum Gasteiger partial charge on any atom is -0.460 e. The molecule has 0 saturated heterocycles. The lowest BCUT2D eigenvalue weighted by Crippen LogP contribution is -2.39. The standard InChI is InChI=1S/C15H23NO3/c1-15(2,3)19-14(18)12(13(17)10-16)9-11-7-5-4-6-8-11/h4-8,12-13,17H,9-10,16H2,1-3H3/t12-,13-/m1/s1. The van der Waals surface area contributed by atoms with E-state index in [0.29, 0.717) is 6.42 Å². The van der Waals surface area contributed by atoms with Crippen molar-refractivity contribution in [1.29, 1.82) is 0 Å². The molecule has 0 aliphatic carbocycles. The largest absolute Gasteiger partial charge is 0.460 e. The molecule has 0 radical (unpaired) electrons. The Balaban J connectivity index is 2.81. The van der Waals surface area contributed by atoms with Crippen LogP contribution in [0.15, 0.2) is 30.3 Å². The van der Waals surface area contributed by atoms with Gasteiger partial charge in [0.15, 0.2) is 0 Å². The van der Waals surface area contributed by atoms with E-state index in [2.05, 4.69) is 0 Å². The van der Waals surface area contributed by atoms with Crippen molar-refractivity contribution in [2.75, 3.05) is 6.54 Å². The number of hydrogen-bond donors (Lipinski definition) is 2. The first-order valence-electron chi connectivity index (χ1n) is 6.48. The highest BCUT2D eigenvalue weighted by Crippen LogP contribution is 2.18. The first-order valence-corrected chi connectivity index (χ1v) is 6.48. The minimum absolute atomic E-state index is 0.0384. The lowest BCUT2D eigenvalue weighted by atomic mass is 9.93. The number of hydrogen-bond acceptors (Lipinski definition) is 4. The van der Waals surface area contributed by atoms with Crippen molar-refractivity contribution in [1.82, 2.24) is 0 Å². The number of benzene rings is 1. The molecule has 3 N–H and O–H groups in total. The number of aliphatic hydroxyl groups excluding tert-OH is 1. The Morgan fingerprint density at radius 1 is 1.32 bits per heavy atom. The SMILES string of the molecule is CC(C)(C)OC(=O)[C@H](Cc1ccccc1)[C@H](O)CN. The summed E-state index contributed by atoms with van der Waals surface area (Å²) in [6.45, 7) is 5.45. The summed E-state index contributed by atoms with van der Waals surface area (Å²) in [6, 6.07) is 9.54. The molecule has 106 valence electrons. The molecular formula is C15H23NO3. The Morgan fingerprint density at radius 2 is 1.89 bits per heavy atom. The normalized spacial score (nSPS) is 14.8. The van der Waals surface area contributed by atoms with Crippen molar-refractivity contribution in [3.8, 4) is 0 Å². The fourth-order valence-electron chi connectivity index (χ4n) is 1.79. The number of aliphatic hydroxyl groups is 1. The van der Waals surface area contributed by atoms with Gasteiger partial charge in [-0.1, -0.05) is 30.3 Å². The third-order valence-corrected chi connectivity index (χ3v) is 2.71. The van der Waals surface area contributed by atoms with Crippen LogP contribution < -0.4 is 5.73 Å². The van der Waals surface area contributed by atoms with E-state index in [-0.39, 0.29) is 6.54 Å². The Kier molecular flexibility index (Phi) is 5.51. The van der Waals surface area contributed by atoms with Gasteiger partial charge in [0.25, 0.3) is 0 Å². The van der Waals surface area contributed by atoms with Gasteiger partial charge in [0.05, 0.1) is 12.0 Å². The molecule has 0 fully saturated rings.